The maximum Gasteiger partial charge on any atom is 0.306 e. The number of rotatable bonds is 57. The summed E-state index contributed by atoms with van der Waals surface area (Å²) < 4.78 is 16.9. The van der Waals surface area contributed by atoms with Gasteiger partial charge in [0.15, 0.2) is 6.10 Å². The standard InChI is InChI=1S/C64H118O6/c1-4-7-10-13-16-19-22-24-26-28-30-31-32-34-35-37-39-42-45-48-51-54-57-63(66)69-60-61(59-68-62(65)56-53-50-47-44-41-21-18-15-12-9-6-3)70-64(67)58-55-52-49-46-43-40-38-36-33-29-27-25-23-20-17-14-11-8-5-2/h15,17-18,20,25,27,61H,4-14,16,19,21-24,26,28-60H2,1-3H3/b18-15-,20-17-,27-25-. The lowest BCUT2D eigenvalue weighted by molar-refractivity contribution is -0.167. The van der Waals surface area contributed by atoms with Crippen LogP contribution in [0.15, 0.2) is 36.5 Å². The molecule has 0 spiro atoms. The van der Waals surface area contributed by atoms with Crippen molar-refractivity contribution in [2.24, 2.45) is 0 Å². The Morgan fingerprint density at radius 2 is 0.529 bits per heavy atom. The van der Waals surface area contributed by atoms with Crippen LogP contribution in [0.5, 0.6) is 0 Å². The Hall–Kier alpha value is -2.37. The van der Waals surface area contributed by atoms with Gasteiger partial charge in [-0.05, 0) is 70.6 Å². The van der Waals surface area contributed by atoms with E-state index in [1.54, 1.807) is 0 Å². The fourth-order valence-corrected chi connectivity index (χ4v) is 9.16. The highest BCUT2D eigenvalue weighted by Gasteiger charge is 2.19. The van der Waals surface area contributed by atoms with Crippen LogP contribution in [0.1, 0.15) is 335 Å². The maximum atomic E-state index is 12.9. The molecule has 410 valence electrons. The van der Waals surface area contributed by atoms with Crippen molar-refractivity contribution in [3.8, 4) is 0 Å². The first kappa shape index (κ1) is 67.6. The number of hydrogen-bond acceptors (Lipinski definition) is 6. The fraction of sp³-hybridized carbons (Fsp3) is 0.859. The van der Waals surface area contributed by atoms with Gasteiger partial charge in [-0.2, -0.15) is 0 Å². The smallest absolute Gasteiger partial charge is 0.306 e. The van der Waals surface area contributed by atoms with Gasteiger partial charge in [-0.15, -0.1) is 0 Å². The van der Waals surface area contributed by atoms with Gasteiger partial charge in [-0.25, -0.2) is 0 Å². The van der Waals surface area contributed by atoms with Crippen LogP contribution in [0, 0.1) is 0 Å². The molecule has 0 aliphatic rings. The Bertz CT molecular complexity index is 1170. The molecule has 0 bridgehead atoms. The van der Waals surface area contributed by atoms with Crippen LogP contribution in [0.3, 0.4) is 0 Å². The summed E-state index contributed by atoms with van der Waals surface area (Å²) >= 11 is 0. The van der Waals surface area contributed by atoms with E-state index in [9.17, 15) is 14.4 Å². The number of carbonyl (C=O) groups excluding carboxylic acids is 3. The molecule has 0 rings (SSSR count). The second-order valence-corrected chi connectivity index (χ2v) is 21.0. The molecule has 1 atom stereocenters. The molecule has 0 aromatic rings. The van der Waals surface area contributed by atoms with Crippen LogP contribution < -0.4 is 0 Å². The predicted octanol–water partition coefficient (Wildman–Crippen LogP) is 20.8. The molecule has 6 nitrogen and oxygen atoms in total. The second-order valence-electron chi connectivity index (χ2n) is 21.0. The number of carbonyl (C=O) groups is 3. The quantitative estimate of drug-likeness (QED) is 0.0261. The molecule has 70 heavy (non-hydrogen) atoms. The third-order valence-corrected chi connectivity index (χ3v) is 13.9. The van der Waals surface area contributed by atoms with Crippen molar-refractivity contribution in [2.45, 2.75) is 341 Å². The summed E-state index contributed by atoms with van der Waals surface area (Å²) in [5.41, 5.74) is 0. The van der Waals surface area contributed by atoms with E-state index in [0.29, 0.717) is 19.3 Å². The molecule has 0 amide bonds. The summed E-state index contributed by atoms with van der Waals surface area (Å²) in [5.74, 6) is -0.867. The molecule has 0 aliphatic heterocycles. The molecule has 0 saturated carbocycles. The van der Waals surface area contributed by atoms with Crippen LogP contribution >= 0.6 is 0 Å². The van der Waals surface area contributed by atoms with Crippen molar-refractivity contribution in [3.63, 3.8) is 0 Å². The molecule has 0 radical (unpaired) electrons. The Morgan fingerprint density at radius 1 is 0.286 bits per heavy atom. The van der Waals surface area contributed by atoms with E-state index in [0.717, 1.165) is 70.6 Å². The summed E-state index contributed by atoms with van der Waals surface area (Å²) in [7, 11) is 0. The van der Waals surface area contributed by atoms with Crippen molar-refractivity contribution >= 4 is 17.9 Å². The molecule has 0 aromatic carbocycles. The van der Waals surface area contributed by atoms with Crippen molar-refractivity contribution in [2.75, 3.05) is 13.2 Å². The van der Waals surface area contributed by atoms with Crippen molar-refractivity contribution in [1.29, 1.82) is 0 Å². The molecule has 0 aliphatic carbocycles. The zero-order valence-electron chi connectivity index (χ0n) is 47.1. The number of ether oxygens (including phenoxy) is 3. The summed E-state index contributed by atoms with van der Waals surface area (Å²) in [6.45, 7) is 6.62. The first-order valence-electron chi connectivity index (χ1n) is 31.0. The third kappa shape index (κ3) is 56.5. The van der Waals surface area contributed by atoms with Crippen LogP contribution in [-0.4, -0.2) is 37.2 Å². The summed E-state index contributed by atoms with van der Waals surface area (Å²) in [6.07, 6.45) is 71.5. The topological polar surface area (TPSA) is 78.9 Å². The third-order valence-electron chi connectivity index (χ3n) is 13.9. The van der Waals surface area contributed by atoms with Gasteiger partial charge in [0.25, 0.3) is 0 Å². The van der Waals surface area contributed by atoms with E-state index >= 15 is 0 Å². The normalized spacial score (nSPS) is 12.2. The molecule has 6 heteroatoms. The molecule has 1 unspecified atom stereocenters. The molecule has 0 fully saturated rings. The second kappa shape index (κ2) is 59.2. The monoisotopic (exact) mass is 983 g/mol. The van der Waals surface area contributed by atoms with E-state index < -0.39 is 6.10 Å². The maximum absolute atomic E-state index is 12.9. The minimum Gasteiger partial charge on any atom is -0.462 e. The number of hydrogen-bond donors (Lipinski definition) is 0. The fourth-order valence-electron chi connectivity index (χ4n) is 9.16. The van der Waals surface area contributed by atoms with Gasteiger partial charge in [-0.1, -0.05) is 282 Å². The molecular formula is C64H118O6. The molecular weight excluding hydrogens is 865 g/mol. The van der Waals surface area contributed by atoms with E-state index in [4.69, 9.17) is 14.2 Å². The summed E-state index contributed by atoms with van der Waals surface area (Å²) in [4.78, 5) is 38.2. The predicted molar refractivity (Wildman–Crippen MR) is 302 cm³/mol. The van der Waals surface area contributed by atoms with Gasteiger partial charge < -0.3 is 14.2 Å². The largest absolute Gasteiger partial charge is 0.462 e. The van der Waals surface area contributed by atoms with E-state index in [1.807, 2.05) is 0 Å². The SMILES string of the molecule is CCCC/C=C\CCCCCCCC(=O)OCC(COC(=O)CCCCCCCCCCCCCCCCCCCCCCCC)OC(=O)CCCCCCCCCCC/C=C\C/C=C\CCCCC. The molecule has 0 aromatic heterocycles. The van der Waals surface area contributed by atoms with Crippen LogP contribution in [0.2, 0.25) is 0 Å². The average Bonchev–Trinajstić information content (AvgIpc) is 3.36. The van der Waals surface area contributed by atoms with Crippen LogP contribution in [0.4, 0.5) is 0 Å². The first-order chi connectivity index (χ1) is 34.5. The van der Waals surface area contributed by atoms with Crippen LogP contribution in [0.25, 0.3) is 0 Å². The lowest BCUT2D eigenvalue weighted by Gasteiger charge is -2.18. The van der Waals surface area contributed by atoms with Gasteiger partial charge in [0.05, 0.1) is 0 Å². The Kier molecular flexibility index (Phi) is 57.2. The van der Waals surface area contributed by atoms with E-state index in [1.165, 1.54) is 225 Å². The molecule has 0 heterocycles. The number of esters is 3. The van der Waals surface area contributed by atoms with Crippen molar-refractivity contribution < 1.29 is 28.6 Å². The minimum absolute atomic E-state index is 0.0725. The Balaban J connectivity index is 4.25. The highest BCUT2D eigenvalue weighted by atomic mass is 16.6. The Morgan fingerprint density at radius 3 is 0.871 bits per heavy atom. The van der Waals surface area contributed by atoms with Gasteiger partial charge >= 0.3 is 17.9 Å². The van der Waals surface area contributed by atoms with Crippen molar-refractivity contribution in [1.82, 2.24) is 0 Å². The lowest BCUT2D eigenvalue weighted by atomic mass is 10.0. The van der Waals surface area contributed by atoms with E-state index in [2.05, 4.69) is 57.2 Å². The summed E-state index contributed by atoms with van der Waals surface area (Å²) in [5, 5.41) is 0. The van der Waals surface area contributed by atoms with Gasteiger partial charge in [0.2, 0.25) is 0 Å². The van der Waals surface area contributed by atoms with Gasteiger partial charge in [-0.3, -0.25) is 14.4 Å². The Labute approximate surface area is 435 Å². The zero-order chi connectivity index (χ0) is 50.7. The number of allylic oxidation sites excluding steroid dienone is 6. The van der Waals surface area contributed by atoms with Gasteiger partial charge in [0.1, 0.15) is 13.2 Å². The number of unbranched alkanes of at least 4 members (excludes halogenated alkanes) is 40. The zero-order valence-corrected chi connectivity index (χ0v) is 47.1. The van der Waals surface area contributed by atoms with Crippen molar-refractivity contribution in [3.05, 3.63) is 36.5 Å². The molecule has 0 N–H and O–H groups in total. The lowest BCUT2D eigenvalue weighted by Crippen LogP contribution is -2.30. The minimum atomic E-state index is -0.775. The van der Waals surface area contributed by atoms with Crippen LogP contribution in [-0.2, 0) is 28.6 Å². The highest BCUT2D eigenvalue weighted by Crippen LogP contribution is 2.17. The van der Waals surface area contributed by atoms with Gasteiger partial charge in [0, 0.05) is 19.3 Å². The van der Waals surface area contributed by atoms with E-state index in [-0.39, 0.29) is 31.1 Å². The first-order valence-corrected chi connectivity index (χ1v) is 31.0. The average molecular weight is 984 g/mol. The molecule has 0 saturated heterocycles. The highest BCUT2D eigenvalue weighted by molar-refractivity contribution is 5.71. The summed E-state index contributed by atoms with van der Waals surface area (Å²) in [6, 6.07) is 0.